The number of thiazole rings is 1. The molecule has 1 fully saturated rings. The number of amides is 1. The molecule has 1 aliphatic rings. The van der Waals surface area contributed by atoms with E-state index in [0.717, 1.165) is 25.9 Å². The minimum absolute atomic E-state index is 0. The molecule has 1 aliphatic heterocycles. The van der Waals surface area contributed by atoms with Gasteiger partial charge in [0.15, 0.2) is 10.9 Å². The number of hydrogen-bond donors (Lipinski definition) is 2. The number of halogens is 1. The number of carbonyl (C=O) groups excluding carboxylic acids is 2. The van der Waals surface area contributed by atoms with Gasteiger partial charge < -0.3 is 10.6 Å². The van der Waals surface area contributed by atoms with E-state index in [9.17, 15) is 9.59 Å². The first-order valence-electron chi connectivity index (χ1n) is 6.12. The quantitative estimate of drug-likeness (QED) is 0.817. The van der Waals surface area contributed by atoms with Crippen LogP contribution in [0.1, 0.15) is 35.9 Å². The Bertz CT molecular complexity index is 444. The monoisotopic (exact) mass is 303 g/mol. The van der Waals surface area contributed by atoms with Crippen LogP contribution in [-0.2, 0) is 4.79 Å². The summed E-state index contributed by atoms with van der Waals surface area (Å²) in [5.41, 5.74) is 0. The predicted molar refractivity (Wildman–Crippen MR) is 78.2 cm³/mol. The Morgan fingerprint density at radius 1 is 1.58 bits per heavy atom. The summed E-state index contributed by atoms with van der Waals surface area (Å²) in [4.78, 5) is 27.4. The van der Waals surface area contributed by atoms with E-state index in [1.807, 2.05) is 0 Å². The molecule has 0 saturated carbocycles. The molecule has 0 radical (unpaired) electrons. The lowest BCUT2D eigenvalue weighted by atomic mass is 10.0. The molecule has 5 nitrogen and oxygen atoms in total. The molecule has 106 valence electrons. The first-order valence-corrected chi connectivity index (χ1v) is 6.94. The van der Waals surface area contributed by atoms with Crippen LogP contribution in [0.5, 0.6) is 0 Å². The standard InChI is InChI=1S/C12H17N3O2S.ClH/c1-8(16)10-7-14-12(18-10)15-11(17)3-2-9-4-5-13-6-9;/h7,9,13H,2-6H2,1H3,(H,14,15,17);1H. The fraction of sp³-hybridized carbons (Fsp3) is 0.583. The summed E-state index contributed by atoms with van der Waals surface area (Å²) in [5, 5.41) is 6.53. The van der Waals surface area contributed by atoms with Crippen LogP contribution in [0.2, 0.25) is 0 Å². The molecule has 1 unspecified atom stereocenters. The second-order valence-corrected chi connectivity index (χ2v) is 5.56. The van der Waals surface area contributed by atoms with Crippen LogP contribution in [-0.4, -0.2) is 29.8 Å². The first kappa shape index (κ1) is 16.1. The average molecular weight is 304 g/mol. The number of nitrogens with one attached hydrogen (secondary N) is 2. The summed E-state index contributed by atoms with van der Waals surface area (Å²) in [6.45, 7) is 3.56. The van der Waals surface area contributed by atoms with E-state index in [4.69, 9.17) is 0 Å². The fourth-order valence-corrected chi connectivity index (χ4v) is 2.70. The molecular formula is C12H18ClN3O2S. The third-order valence-corrected chi connectivity index (χ3v) is 4.05. The topological polar surface area (TPSA) is 71.1 Å². The van der Waals surface area contributed by atoms with E-state index < -0.39 is 0 Å². The van der Waals surface area contributed by atoms with Crippen LogP contribution >= 0.6 is 23.7 Å². The lowest BCUT2D eigenvalue weighted by molar-refractivity contribution is -0.116. The maximum Gasteiger partial charge on any atom is 0.226 e. The summed E-state index contributed by atoms with van der Waals surface area (Å²) in [6.07, 6.45) is 4.08. The molecule has 1 aromatic rings. The van der Waals surface area contributed by atoms with Crippen LogP contribution in [0.25, 0.3) is 0 Å². The number of ketones is 1. The van der Waals surface area contributed by atoms with E-state index in [-0.39, 0.29) is 24.1 Å². The predicted octanol–water partition coefficient (Wildman–Crippen LogP) is 2.10. The van der Waals surface area contributed by atoms with E-state index in [0.29, 0.717) is 22.3 Å². The van der Waals surface area contributed by atoms with Gasteiger partial charge in [-0.15, -0.1) is 12.4 Å². The number of rotatable bonds is 5. The maximum absolute atomic E-state index is 11.7. The van der Waals surface area contributed by atoms with Crippen LogP contribution in [0.4, 0.5) is 5.13 Å². The lowest BCUT2D eigenvalue weighted by Crippen LogP contribution is -2.14. The van der Waals surface area contributed by atoms with Gasteiger partial charge in [0.1, 0.15) is 0 Å². The minimum Gasteiger partial charge on any atom is -0.316 e. The SMILES string of the molecule is CC(=O)c1cnc(NC(=O)CCC2CCNC2)s1.Cl. The van der Waals surface area contributed by atoms with Crippen molar-refractivity contribution in [2.75, 3.05) is 18.4 Å². The molecule has 1 aromatic heterocycles. The third-order valence-electron chi connectivity index (χ3n) is 3.04. The molecule has 0 aliphatic carbocycles. The summed E-state index contributed by atoms with van der Waals surface area (Å²) in [7, 11) is 0. The van der Waals surface area contributed by atoms with Crippen molar-refractivity contribution in [3.63, 3.8) is 0 Å². The normalized spacial score (nSPS) is 17.8. The highest BCUT2D eigenvalue weighted by atomic mass is 35.5. The molecular weight excluding hydrogens is 286 g/mol. The van der Waals surface area contributed by atoms with Gasteiger partial charge in [-0.25, -0.2) is 4.98 Å². The van der Waals surface area contributed by atoms with E-state index in [2.05, 4.69) is 15.6 Å². The molecule has 0 spiro atoms. The molecule has 2 rings (SSSR count). The number of carbonyl (C=O) groups is 2. The van der Waals surface area contributed by atoms with Gasteiger partial charge in [0.05, 0.1) is 11.1 Å². The van der Waals surface area contributed by atoms with Crippen molar-refractivity contribution in [1.82, 2.24) is 10.3 Å². The van der Waals surface area contributed by atoms with Crippen molar-refractivity contribution in [2.45, 2.75) is 26.2 Å². The van der Waals surface area contributed by atoms with Gasteiger partial charge in [0.25, 0.3) is 0 Å². The van der Waals surface area contributed by atoms with Crippen molar-refractivity contribution in [1.29, 1.82) is 0 Å². The molecule has 1 atom stereocenters. The smallest absolute Gasteiger partial charge is 0.226 e. The van der Waals surface area contributed by atoms with Crippen LogP contribution < -0.4 is 10.6 Å². The Morgan fingerprint density at radius 3 is 2.95 bits per heavy atom. The minimum atomic E-state index is -0.0231. The van der Waals surface area contributed by atoms with Crippen LogP contribution in [0.15, 0.2) is 6.20 Å². The van der Waals surface area contributed by atoms with Crippen LogP contribution in [0, 0.1) is 5.92 Å². The number of hydrogen-bond acceptors (Lipinski definition) is 5. The largest absolute Gasteiger partial charge is 0.316 e. The Hall–Kier alpha value is -0.980. The highest BCUT2D eigenvalue weighted by Gasteiger charge is 2.16. The number of Topliss-reactive ketones (excluding diaryl/α,β-unsaturated/α-hetero) is 1. The van der Waals surface area contributed by atoms with Gasteiger partial charge in [-0.05, 0) is 31.8 Å². The molecule has 1 amide bonds. The highest BCUT2D eigenvalue weighted by molar-refractivity contribution is 7.17. The number of aromatic nitrogens is 1. The van der Waals surface area contributed by atoms with Gasteiger partial charge in [-0.2, -0.15) is 0 Å². The van der Waals surface area contributed by atoms with Crippen molar-refractivity contribution in [3.8, 4) is 0 Å². The Balaban J connectivity index is 0.00000180. The Morgan fingerprint density at radius 2 is 2.37 bits per heavy atom. The van der Waals surface area contributed by atoms with Gasteiger partial charge in [0.2, 0.25) is 5.91 Å². The van der Waals surface area contributed by atoms with E-state index in [1.54, 1.807) is 0 Å². The average Bonchev–Trinajstić information content (AvgIpc) is 2.96. The van der Waals surface area contributed by atoms with Crippen molar-refractivity contribution in [2.24, 2.45) is 5.92 Å². The van der Waals surface area contributed by atoms with E-state index >= 15 is 0 Å². The molecule has 2 heterocycles. The first-order chi connectivity index (χ1) is 8.65. The summed E-state index contributed by atoms with van der Waals surface area (Å²) in [6, 6.07) is 0. The highest BCUT2D eigenvalue weighted by Crippen LogP contribution is 2.19. The zero-order valence-corrected chi connectivity index (χ0v) is 12.4. The Labute approximate surface area is 122 Å². The fourth-order valence-electron chi connectivity index (χ4n) is 1.97. The molecule has 0 bridgehead atoms. The molecule has 1 saturated heterocycles. The van der Waals surface area contributed by atoms with E-state index in [1.165, 1.54) is 24.5 Å². The molecule has 19 heavy (non-hydrogen) atoms. The Kier molecular flexibility index (Phi) is 6.41. The zero-order chi connectivity index (χ0) is 13.0. The summed E-state index contributed by atoms with van der Waals surface area (Å²) in [5.74, 6) is 0.566. The van der Waals surface area contributed by atoms with Gasteiger partial charge in [0, 0.05) is 13.3 Å². The summed E-state index contributed by atoms with van der Waals surface area (Å²) >= 11 is 1.22. The summed E-state index contributed by atoms with van der Waals surface area (Å²) < 4.78 is 0. The van der Waals surface area contributed by atoms with Crippen LogP contribution in [0.3, 0.4) is 0 Å². The van der Waals surface area contributed by atoms with Gasteiger partial charge in [-0.1, -0.05) is 11.3 Å². The zero-order valence-electron chi connectivity index (χ0n) is 10.8. The maximum atomic E-state index is 11.7. The molecule has 0 aromatic carbocycles. The van der Waals surface area contributed by atoms with Crippen molar-refractivity contribution in [3.05, 3.63) is 11.1 Å². The second-order valence-electron chi connectivity index (χ2n) is 4.53. The number of anilines is 1. The van der Waals surface area contributed by atoms with Crippen molar-refractivity contribution >= 4 is 40.6 Å². The lowest BCUT2D eigenvalue weighted by Gasteiger charge is -2.06. The molecule has 7 heteroatoms. The molecule has 2 N–H and O–H groups in total. The van der Waals surface area contributed by atoms with Crippen molar-refractivity contribution < 1.29 is 9.59 Å². The third kappa shape index (κ3) is 4.89. The number of nitrogens with zero attached hydrogens (tertiary/aromatic N) is 1. The van der Waals surface area contributed by atoms with Gasteiger partial charge >= 0.3 is 0 Å². The van der Waals surface area contributed by atoms with Gasteiger partial charge in [-0.3, -0.25) is 9.59 Å². The second kappa shape index (κ2) is 7.57.